The van der Waals surface area contributed by atoms with Crippen LogP contribution < -0.4 is 11.1 Å². The maximum Gasteiger partial charge on any atom is 0.123 e. The lowest BCUT2D eigenvalue weighted by molar-refractivity contribution is 0.554. The highest BCUT2D eigenvalue weighted by Gasteiger charge is 2.30. The average Bonchev–Trinajstić information content (AvgIpc) is 2.39. The van der Waals surface area contributed by atoms with Gasteiger partial charge in [0.15, 0.2) is 0 Å². The van der Waals surface area contributed by atoms with Crippen LogP contribution in [0.2, 0.25) is 0 Å². The molecular weight excluding hydrogens is 274 g/mol. The Bertz CT molecular complexity index is 413. The standard InChI is InChI=1S/C14H23N3S2/c1-9-10(2)19-13(8-18-9)12(16-3)6-11-4-5-17-14(15)7-11/h4-5,7,9-10,12-13,16H,6,8H2,1-3H3,(H2,15,17). The molecule has 19 heavy (non-hydrogen) atoms. The van der Waals surface area contributed by atoms with Gasteiger partial charge < -0.3 is 11.1 Å². The van der Waals surface area contributed by atoms with Gasteiger partial charge in [0.05, 0.1) is 0 Å². The summed E-state index contributed by atoms with van der Waals surface area (Å²) in [6, 6.07) is 4.54. The first-order valence-electron chi connectivity index (χ1n) is 6.75. The van der Waals surface area contributed by atoms with Crippen LogP contribution in [0.15, 0.2) is 18.3 Å². The molecule has 1 aliphatic rings. The topological polar surface area (TPSA) is 50.9 Å². The van der Waals surface area contributed by atoms with E-state index in [-0.39, 0.29) is 0 Å². The number of rotatable bonds is 4. The van der Waals surface area contributed by atoms with E-state index in [0.717, 1.165) is 16.9 Å². The number of anilines is 1. The number of aromatic nitrogens is 1. The molecule has 1 aromatic heterocycles. The van der Waals surface area contributed by atoms with Gasteiger partial charge >= 0.3 is 0 Å². The van der Waals surface area contributed by atoms with Gasteiger partial charge in [0, 0.05) is 33.7 Å². The molecule has 3 N–H and O–H groups in total. The summed E-state index contributed by atoms with van der Waals surface area (Å²) in [6.45, 7) is 4.67. The van der Waals surface area contributed by atoms with Crippen molar-refractivity contribution in [2.45, 2.75) is 42.1 Å². The molecule has 0 radical (unpaired) electrons. The Morgan fingerprint density at radius 1 is 1.47 bits per heavy atom. The van der Waals surface area contributed by atoms with Crippen molar-refractivity contribution in [3.8, 4) is 0 Å². The van der Waals surface area contributed by atoms with Crippen molar-refractivity contribution in [1.82, 2.24) is 10.3 Å². The summed E-state index contributed by atoms with van der Waals surface area (Å²) in [4.78, 5) is 4.06. The molecule has 1 fully saturated rings. The van der Waals surface area contributed by atoms with Gasteiger partial charge in [-0.1, -0.05) is 13.8 Å². The lowest BCUT2D eigenvalue weighted by Crippen LogP contribution is -2.43. The molecule has 2 heterocycles. The van der Waals surface area contributed by atoms with Crippen LogP contribution in [-0.4, -0.2) is 39.6 Å². The largest absolute Gasteiger partial charge is 0.384 e. The van der Waals surface area contributed by atoms with E-state index >= 15 is 0 Å². The fourth-order valence-corrected chi connectivity index (χ4v) is 5.48. The van der Waals surface area contributed by atoms with E-state index in [0.29, 0.717) is 17.1 Å². The van der Waals surface area contributed by atoms with Gasteiger partial charge in [-0.25, -0.2) is 4.98 Å². The van der Waals surface area contributed by atoms with E-state index in [1.807, 2.05) is 6.07 Å². The molecular formula is C14H23N3S2. The fraction of sp³-hybridized carbons (Fsp3) is 0.643. The van der Waals surface area contributed by atoms with Crippen LogP contribution in [0.25, 0.3) is 0 Å². The van der Waals surface area contributed by atoms with Crippen molar-refractivity contribution in [3.05, 3.63) is 23.9 Å². The zero-order valence-electron chi connectivity index (χ0n) is 11.8. The molecule has 4 unspecified atom stereocenters. The minimum absolute atomic E-state index is 0.495. The highest BCUT2D eigenvalue weighted by Crippen LogP contribution is 2.37. The van der Waals surface area contributed by atoms with E-state index in [2.05, 4.69) is 60.8 Å². The molecule has 0 aliphatic carbocycles. The van der Waals surface area contributed by atoms with Gasteiger partial charge in [0.1, 0.15) is 5.82 Å². The Kier molecular flexibility index (Phi) is 5.42. The third-order valence-corrected chi connectivity index (χ3v) is 7.25. The number of hydrogen-bond acceptors (Lipinski definition) is 5. The fourth-order valence-electron chi connectivity index (χ4n) is 2.31. The number of nitrogens with one attached hydrogen (secondary N) is 1. The highest BCUT2D eigenvalue weighted by atomic mass is 32.2. The first kappa shape index (κ1) is 15.0. The van der Waals surface area contributed by atoms with Gasteiger partial charge in [-0.05, 0) is 31.2 Å². The predicted octanol–water partition coefficient (Wildman–Crippen LogP) is 2.42. The second-order valence-corrected chi connectivity index (χ2v) is 8.14. The predicted molar refractivity (Wildman–Crippen MR) is 88.0 cm³/mol. The monoisotopic (exact) mass is 297 g/mol. The summed E-state index contributed by atoms with van der Waals surface area (Å²) < 4.78 is 0. The second kappa shape index (κ2) is 6.86. The van der Waals surface area contributed by atoms with Crippen LogP contribution in [0.3, 0.4) is 0 Å². The smallest absolute Gasteiger partial charge is 0.123 e. The molecule has 3 nitrogen and oxygen atoms in total. The van der Waals surface area contributed by atoms with E-state index in [9.17, 15) is 0 Å². The summed E-state index contributed by atoms with van der Waals surface area (Å²) >= 11 is 4.21. The van der Waals surface area contributed by atoms with Crippen LogP contribution in [0.5, 0.6) is 0 Å². The molecule has 1 aromatic rings. The Balaban J connectivity index is 2.00. The van der Waals surface area contributed by atoms with Crippen LogP contribution in [-0.2, 0) is 6.42 Å². The first-order chi connectivity index (χ1) is 9.10. The number of hydrogen-bond donors (Lipinski definition) is 2. The highest BCUT2D eigenvalue weighted by molar-refractivity contribution is 8.07. The number of nitrogens with two attached hydrogens (primary N) is 1. The molecule has 1 aliphatic heterocycles. The van der Waals surface area contributed by atoms with Crippen LogP contribution >= 0.6 is 23.5 Å². The quantitative estimate of drug-likeness (QED) is 0.894. The third kappa shape index (κ3) is 4.04. The van der Waals surface area contributed by atoms with Gasteiger partial charge in [-0.3, -0.25) is 0 Å². The molecule has 0 aromatic carbocycles. The minimum Gasteiger partial charge on any atom is -0.384 e. The average molecular weight is 297 g/mol. The van der Waals surface area contributed by atoms with Gasteiger partial charge in [-0.15, -0.1) is 0 Å². The lowest BCUT2D eigenvalue weighted by Gasteiger charge is -2.36. The van der Waals surface area contributed by atoms with Crippen molar-refractivity contribution >= 4 is 29.3 Å². The van der Waals surface area contributed by atoms with Crippen LogP contribution in [0, 0.1) is 0 Å². The second-order valence-electron chi connectivity index (χ2n) is 5.11. The SMILES string of the molecule is CNC(Cc1ccnc(N)c1)C1CSC(C)C(C)S1. The molecule has 0 amide bonds. The Morgan fingerprint density at radius 3 is 2.89 bits per heavy atom. The molecule has 106 valence electrons. The number of nitrogen functional groups attached to an aromatic ring is 1. The third-order valence-electron chi connectivity index (χ3n) is 3.69. The summed E-state index contributed by atoms with van der Waals surface area (Å²) in [5.74, 6) is 1.84. The van der Waals surface area contributed by atoms with Crippen molar-refractivity contribution < 1.29 is 0 Å². The Labute approximate surface area is 124 Å². The Hall–Kier alpha value is -0.390. The maximum absolute atomic E-state index is 5.75. The summed E-state index contributed by atoms with van der Waals surface area (Å²) in [5, 5.41) is 5.63. The molecule has 2 rings (SSSR count). The minimum atomic E-state index is 0.495. The van der Waals surface area contributed by atoms with Crippen molar-refractivity contribution in [2.75, 3.05) is 18.5 Å². The molecule has 0 bridgehead atoms. The molecule has 1 saturated heterocycles. The van der Waals surface area contributed by atoms with E-state index in [1.54, 1.807) is 6.20 Å². The molecule has 0 saturated carbocycles. The summed E-state index contributed by atoms with van der Waals surface area (Å²) in [5.41, 5.74) is 7.02. The van der Waals surface area contributed by atoms with Crippen molar-refractivity contribution in [1.29, 1.82) is 0 Å². The van der Waals surface area contributed by atoms with Crippen molar-refractivity contribution in [3.63, 3.8) is 0 Å². The van der Waals surface area contributed by atoms with E-state index < -0.39 is 0 Å². The number of pyridine rings is 1. The van der Waals surface area contributed by atoms with Gasteiger partial charge in [-0.2, -0.15) is 23.5 Å². The Morgan fingerprint density at radius 2 is 2.26 bits per heavy atom. The van der Waals surface area contributed by atoms with Crippen LogP contribution in [0.1, 0.15) is 19.4 Å². The summed E-state index contributed by atoms with van der Waals surface area (Å²) in [6.07, 6.45) is 2.81. The van der Waals surface area contributed by atoms with E-state index in [4.69, 9.17) is 5.73 Å². The molecule has 4 atom stereocenters. The number of likely N-dealkylation sites (N-methyl/N-ethyl adjacent to an activating group) is 1. The number of nitrogens with zero attached hydrogens (tertiary/aromatic N) is 1. The normalized spacial score (nSPS) is 29.1. The lowest BCUT2D eigenvalue weighted by atomic mass is 10.0. The zero-order valence-corrected chi connectivity index (χ0v) is 13.4. The van der Waals surface area contributed by atoms with Gasteiger partial charge in [0.25, 0.3) is 0 Å². The molecule has 5 heteroatoms. The summed E-state index contributed by atoms with van der Waals surface area (Å²) in [7, 11) is 2.06. The number of thioether (sulfide) groups is 2. The van der Waals surface area contributed by atoms with Crippen LogP contribution in [0.4, 0.5) is 5.82 Å². The molecule has 0 spiro atoms. The first-order valence-corrected chi connectivity index (χ1v) is 8.74. The maximum atomic E-state index is 5.75. The van der Waals surface area contributed by atoms with Gasteiger partial charge in [0.2, 0.25) is 0 Å². The van der Waals surface area contributed by atoms with Crippen molar-refractivity contribution in [2.24, 2.45) is 0 Å². The zero-order chi connectivity index (χ0) is 13.8. The van der Waals surface area contributed by atoms with E-state index in [1.165, 1.54) is 11.3 Å².